The number of benzene rings is 2. The maximum absolute atomic E-state index is 13.5. The average Bonchev–Trinajstić information content (AvgIpc) is 3.33. The number of anilines is 2. The molecule has 2 heterocycles. The minimum Gasteiger partial charge on any atom is -0.488 e. The van der Waals surface area contributed by atoms with Crippen molar-refractivity contribution in [3.63, 3.8) is 0 Å². The van der Waals surface area contributed by atoms with Gasteiger partial charge in [0.15, 0.2) is 11.5 Å². The Morgan fingerprint density at radius 2 is 1.76 bits per heavy atom. The third-order valence-corrected chi connectivity index (χ3v) is 7.84. The fraction of sp³-hybridized carbons (Fsp3) is 0.440. The number of fused-ring (bicyclic) bond motifs is 2. The summed E-state index contributed by atoms with van der Waals surface area (Å²) in [6.45, 7) is 3.78. The van der Waals surface area contributed by atoms with Crippen LogP contribution >= 0.6 is 0 Å². The fourth-order valence-corrected chi connectivity index (χ4v) is 4.59. The van der Waals surface area contributed by atoms with E-state index >= 15 is 0 Å². The number of ether oxygens (including phenoxy) is 3. The van der Waals surface area contributed by atoms with Gasteiger partial charge in [0, 0.05) is 37.0 Å². The van der Waals surface area contributed by atoms with Gasteiger partial charge in [0.25, 0.3) is 5.91 Å². The Labute approximate surface area is 221 Å². The summed E-state index contributed by atoms with van der Waals surface area (Å²) in [5.41, 5.74) is 1.02. The molecule has 0 aromatic heterocycles. The van der Waals surface area contributed by atoms with Crippen molar-refractivity contribution >= 4 is 33.3 Å². The Morgan fingerprint density at radius 1 is 1.13 bits per heavy atom. The number of sulfonamides is 1. The van der Waals surface area contributed by atoms with Crippen LogP contribution in [0.1, 0.15) is 24.2 Å². The zero-order chi connectivity index (χ0) is 27.6. The molecule has 38 heavy (non-hydrogen) atoms. The van der Waals surface area contributed by atoms with Gasteiger partial charge in [-0.05, 0) is 37.3 Å². The second-order valence-electron chi connectivity index (χ2n) is 9.52. The fourth-order valence-electron chi connectivity index (χ4n) is 4.17. The lowest BCUT2D eigenvalue weighted by atomic mass is 9.99. The molecule has 0 fully saturated rings. The lowest BCUT2D eigenvalue weighted by Crippen LogP contribution is -2.50. The number of hydrogen-bond donors (Lipinski definition) is 3. The van der Waals surface area contributed by atoms with Crippen molar-refractivity contribution in [1.29, 1.82) is 0 Å². The first-order valence-electron chi connectivity index (χ1n) is 12.1. The highest BCUT2D eigenvalue weighted by Gasteiger charge is 2.34. The van der Waals surface area contributed by atoms with Gasteiger partial charge in [-0.1, -0.05) is 6.92 Å². The SMILES string of the molecule is C[C@@H]1CN([C@H](C)CO)C(=O)c2cc(NC(=O)Nc3ccc4c(c3)OCO4)ccc2O[C@H]1CN(C)S(C)(=O)=O. The standard InChI is InChI=1S/C25H32N4O8S/c1-15-11-29(16(2)13-30)24(31)19-9-17(5-7-20(19)37-23(15)12-28(3)38(4,33)34)26-25(32)27-18-6-8-21-22(10-18)36-14-35-21/h5-10,15-16,23,30H,11-14H2,1-4H3,(H2,26,27,32)/t15-,16-,23+/m1/s1. The molecule has 13 heteroatoms. The number of aliphatic hydroxyl groups is 1. The molecular formula is C25H32N4O8S. The van der Waals surface area contributed by atoms with E-state index in [1.54, 1.807) is 37.3 Å². The summed E-state index contributed by atoms with van der Waals surface area (Å²) in [6.07, 6.45) is 0.549. The molecule has 0 saturated heterocycles. The minimum absolute atomic E-state index is 0.0763. The lowest BCUT2D eigenvalue weighted by Gasteiger charge is -2.38. The molecule has 0 spiro atoms. The Balaban J connectivity index is 1.58. The van der Waals surface area contributed by atoms with Crippen LogP contribution in [0.3, 0.4) is 0 Å². The van der Waals surface area contributed by atoms with Crippen molar-refractivity contribution in [3.8, 4) is 17.2 Å². The van der Waals surface area contributed by atoms with E-state index in [0.717, 1.165) is 6.26 Å². The molecule has 3 atom stereocenters. The van der Waals surface area contributed by atoms with E-state index in [2.05, 4.69) is 10.6 Å². The van der Waals surface area contributed by atoms with Crippen molar-refractivity contribution in [3.05, 3.63) is 42.0 Å². The number of aliphatic hydroxyl groups excluding tert-OH is 1. The van der Waals surface area contributed by atoms with Gasteiger partial charge >= 0.3 is 6.03 Å². The van der Waals surface area contributed by atoms with Gasteiger partial charge in [0.05, 0.1) is 31.0 Å². The lowest BCUT2D eigenvalue weighted by molar-refractivity contribution is 0.0387. The largest absolute Gasteiger partial charge is 0.488 e. The predicted molar refractivity (Wildman–Crippen MR) is 140 cm³/mol. The maximum atomic E-state index is 13.5. The molecule has 0 aliphatic carbocycles. The summed E-state index contributed by atoms with van der Waals surface area (Å²) < 4.78 is 42.0. The van der Waals surface area contributed by atoms with Gasteiger partial charge < -0.3 is 34.9 Å². The van der Waals surface area contributed by atoms with Gasteiger partial charge in [0.2, 0.25) is 16.8 Å². The highest BCUT2D eigenvalue weighted by molar-refractivity contribution is 7.88. The van der Waals surface area contributed by atoms with Crippen LogP contribution in [0.5, 0.6) is 17.2 Å². The quantitative estimate of drug-likeness (QED) is 0.477. The molecule has 2 aromatic carbocycles. The van der Waals surface area contributed by atoms with Crippen LogP contribution in [0.4, 0.5) is 16.2 Å². The predicted octanol–water partition coefficient (Wildman–Crippen LogP) is 2.17. The Kier molecular flexibility index (Phi) is 7.99. The monoisotopic (exact) mass is 548 g/mol. The van der Waals surface area contributed by atoms with Crippen LogP contribution in [0.2, 0.25) is 0 Å². The first-order valence-corrected chi connectivity index (χ1v) is 13.9. The van der Waals surface area contributed by atoms with Crippen molar-refractivity contribution in [2.24, 2.45) is 5.92 Å². The number of rotatable bonds is 7. The summed E-state index contributed by atoms with van der Waals surface area (Å²) >= 11 is 0. The van der Waals surface area contributed by atoms with Gasteiger partial charge in [-0.2, -0.15) is 0 Å². The maximum Gasteiger partial charge on any atom is 0.323 e. The van der Waals surface area contributed by atoms with E-state index < -0.39 is 28.2 Å². The first-order chi connectivity index (χ1) is 18.0. The second-order valence-corrected chi connectivity index (χ2v) is 11.6. The van der Waals surface area contributed by atoms with Crippen molar-refractivity contribution in [2.75, 3.05) is 50.4 Å². The smallest absolute Gasteiger partial charge is 0.323 e. The summed E-state index contributed by atoms with van der Waals surface area (Å²) in [6, 6.07) is 8.64. The van der Waals surface area contributed by atoms with E-state index in [0.29, 0.717) is 22.9 Å². The Morgan fingerprint density at radius 3 is 2.42 bits per heavy atom. The van der Waals surface area contributed by atoms with Gasteiger partial charge in [-0.3, -0.25) is 4.79 Å². The van der Waals surface area contributed by atoms with Crippen LogP contribution < -0.4 is 24.8 Å². The molecule has 2 aliphatic rings. The third kappa shape index (κ3) is 6.11. The van der Waals surface area contributed by atoms with Gasteiger partial charge in [-0.25, -0.2) is 17.5 Å². The van der Waals surface area contributed by atoms with Crippen molar-refractivity contribution in [2.45, 2.75) is 26.0 Å². The van der Waals surface area contributed by atoms with Crippen LogP contribution in [-0.2, 0) is 10.0 Å². The normalized spacial score (nSPS) is 19.7. The molecular weight excluding hydrogens is 516 g/mol. The minimum atomic E-state index is -3.46. The van der Waals surface area contributed by atoms with Crippen molar-refractivity contribution < 1.29 is 37.3 Å². The molecule has 0 unspecified atom stereocenters. The van der Waals surface area contributed by atoms with Crippen LogP contribution in [0.15, 0.2) is 36.4 Å². The molecule has 3 N–H and O–H groups in total. The van der Waals surface area contributed by atoms with Crippen LogP contribution in [-0.4, -0.2) is 86.6 Å². The van der Waals surface area contributed by atoms with E-state index in [4.69, 9.17) is 14.2 Å². The highest BCUT2D eigenvalue weighted by Crippen LogP contribution is 2.34. The van der Waals surface area contributed by atoms with Crippen LogP contribution in [0, 0.1) is 5.92 Å². The number of carbonyl (C=O) groups is 2. The molecule has 0 saturated carbocycles. The number of nitrogens with zero attached hydrogens (tertiary/aromatic N) is 2. The summed E-state index contributed by atoms with van der Waals surface area (Å²) in [4.78, 5) is 27.7. The van der Waals surface area contributed by atoms with Gasteiger partial charge in [0.1, 0.15) is 11.9 Å². The zero-order valence-electron chi connectivity index (χ0n) is 21.6. The van der Waals surface area contributed by atoms with E-state index in [1.165, 1.54) is 22.3 Å². The summed E-state index contributed by atoms with van der Waals surface area (Å²) in [5.74, 6) is 0.757. The van der Waals surface area contributed by atoms with Gasteiger partial charge in [-0.15, -0.1) is 0 Å². The number of likely N-dealkylation sites (N-methyl/N-ethyl adjacent to an activating group) is 1. The average molecular weight is 549 g/mol. The second kappa shape index (κ2) is 11.1. The molecule has 0 bridgehead atoms. The molecule has 0 radical (unpaired) electrons. The topological polar surface area (TPSA) is 147 Å². The molecule has 2 aliphatic heterocycles. The van der Waals surface area contributed by atoms with E-state index in [9.17, 15) is 23.1 Å². The van der Waals surface area contributed by atoms with E-state index in [-0.39, 0.29) is 49.6 Å². The number of nitrogens with one attached hydrogen (secondary N) is 2. The summed E-state index contributed by atoms with van der Waals surface area (Å²) in [5, 5.41) is 15.2. The molecule has 206 valence electrons. The third-order valence-electron chi connectivity index (χ3n) is 6.56. The van der Waals surface area contributed by atoms with Crippen molar-refractivity contribution in [1.82, 2.24) is 9.21 Å². The van der Waals surface area contributed by atoms with E-state index in [1.807, 2.05) is 6.92 Å². The molecule has 12 nitrogen and oxygen atoms in total. The van der Waals surface area contributed by atoms with Crippen LogP contribution in [0.25, 0.3) is 0 Å². The highest BCUT2D eigenvalue weighted by atomic mass is 32.2. The Hall–Kier alpha value is -3.55. The number of urea groups is 1. The number of hydrogen-bond acceptors (Lipinski definition) is 8. The summed E-state index contributed by atoms with van der Waals surface area (Å²) in [7, 11) is -1.99. The number of amides is 3. The zero-order valence-corrected chi connectivity index (χ0v) is 22.4. The Bertz CT molecular complexity index is 1320. The molecule has 2 aromatic rings. The number of carbonyl (C=O) groups excluding carboxylic acids is 2. The molecule has 3 amide bonds. The molecule has 4 rings (SSSR count). The first kappa shape index (κ1) is 27.5.